The molecule has 1 aromatic carbocycles. The minimum atomic E-state index is -0.635. The van der Waals surface area contributed by atoms with Crippen molar-refractivity contribution in [2.75, 3.05) is 18.5 Å². The lowest BCUT2D eigenvalue weighted by Gasteiger charge is -2.30. The summed E-state index contributed by atoms with van der Waals surface area (Å²) in [4.78, 5) is 25.7. The molecule has 1 fully saturated rings. The normalized spacial score (nSPS) is 20.2. The summed E-state index contributed by atoms with van der Waals surface area (Å²) >= 11 is 0. The monoisotopic (exact) mass is 386 g/mol. The summed E-state index contributed by atoms with van der Waals surface area (Å²) in [5.41, 5.74) is 7.55. The van der Waals surface area contributed by atoms with Gasteiger partial charge in [0.25, 0.3) is 5.91 Å². The molecule has 1 amide bonds. The highest BCUT2D eigenvalue weighted by molar-refractivity contribution is 5.96. The predicted octanol–water partition coefficient (Wildman–Crippen LogP) is 2.74. The van der Waals surface area contributed by atoms with Crippen LogP contribution in [0.15, 0.2) is 23.2 Å². The Kier molecular flexibility index (Phi) is 6.38. The first-order valence-electron chi connectivity index (χ1n) is 9.67. The highest BCUT2D eigenvalue weighted by Crippen LogP contribution is 2.28. The fourth-order valence-electron chi connectivity index (χ4n) is 3.57. The lowest BCUT2D eigenvalue weighted by atomic mass is 9.90. The number of fused-ring (bicyclic) bond motifs is 1. The van der Waals surface area contributed by atoms with E-state index in [9.17, 15) is 9.18 Å². The Balaban J connectivity index is 1.98. The summed E-state index contributed by atoms with van der Waals surface area (Å²) in [5, 5.41) is 6.82. The van der Waals surface area contributed by atoms with Gasteiger partial charge in [-0.2, -0.15) is 0 Å². The molecule has 3 rings (SSSR count). The number of nitrogens with zero attached hydrogens (tertiary/aromatic N) is 3. The largest absolute Gasteiger partial charge is 0.388 e. The van der Waals surface area contributed by atoms with E-state index in [1.54, 1.807) is 6.92 Å². The molecule has 0 saturated heterocycles. The molecule has 0 unspecified atom stereocenters. The van der Waals surface area contributed by atoms with E-state index >= 15 is 0 Å². The number of aryl methyl sites for hydroxylation is 1. The zero-order valence-electron chi connectivity index (χ0n) is 16.3. The second kappa shape index (κ2) is 8.95. The molecule has 1 aliphatic carbocycles. The number of rotatable bonds is 6. The van der Waals surface area contributed by atoms with Crippen molar-refractivity contribution in [1.82, 2.24) is 15.3 Å². The van der Waals surface area contributed by atoms with Gasteiger partial charge in [-0.05, 0) is 38.8 Å². The molecule has 0 radical (unpaired) electrons. The number of aromatic nitrogens is 2. The quantitative estimate of drug-likeness (QED) is 0.523. The van der Waals surface area contributed by atoms with Crippen LogP contribution in [0.2, 0.25) is 0 Å². The molecule has 2 atom stereocenters. The fraction of sp³-hybridized carbons (Fsp3) is 0.500. The van der Waals surface area contributed by atoms with E-state index in [0.717, 1.165) is 36.6 Å². The number of amidine groups is 1. The summed E-state index contributed by atoms with van der Waals surface area (Å²) in [5.74, 6) is 0.701. The number of alkyl halides is 1. The van der Waals surface area contributed by atoms with E-state index in [0.29, 0.717) is 17.2 Å². The summed E-state index contributed by atoms with van der Waals surface area (Å²) in [6.45, 7) is 3.09. The third kappa shape index (κ3) is 4.74. The Morgan fingerprint density at radius 2 is 2.11 bits per heavy atom. The van der Waals surface area contributed by atoms with Crippen molar-refractivity contribution in [2.24, 2.45) is 10.7 Å². The molecule has 1 aliphatic rings. The average molecular weight is 386 g/mol. The molecule has 28 heavy (non-hydrogen) atoms. The van der Waals surface area contributed by atoms with Crippen LogP contribution in [0.25, 0.3) is 10.9 Å². The number of anilines is 1. The number of halogens is 1. The predicted molar refractivity (Wildman–Crippen MR) is 110 cm³/mol. The van der Waals surface area contributed by atoms with Crippen LogP contribution in [0.5, 0.6) is 0 Å². The van der Waals surface area contributed by atoms with Crippen molar-refractivity contribution in [3.63, 3.8) is 0 Å². The number of hydrogen-bond donors (Lipinski definition) is 3. The minimum absolute atomic E-state index is 0.0261. The van der Waals surface area contributed by atoms with Gasteiger partial charge >= 0.3 is 0 Å². The lowest BCUT2D eigenvalue weighted by molar-refractivity contribution is 0.0941. The number of nitrogens with one attached hydrogen (secondary N) is 2. The summed E-state index contributed by atoms with van der Waals surface area (Å²) in [6, 6.07) is 5.94. The number of aliphatic imine (C=N–C) groups is 1. The molecule has 1 aromatic heterocycles. The molecule has 1 saturated carbocycles. The van der Waals surface area contributed by atoms with Gasteiger partial charge in [0.1, 0.15) is 12.5 Å². The van der Waals surface area contributed by atoms with Crippen molar-refractivity contribution in [3.8, 4) is 0 Å². The SMILES string of the molecule is CC(N)=N[C@@H]1CCCC[C@@H]1Nc1nc(C(=O)NCCF)nc2ccc(C)cc12. The zero-order chi connectivity index (χ0) is 20.1. The average Bonchev–Trinajstić information content (AvgIpc) is 2.67. The molecule has 4 N–H and O–H groups in total. The first-order valence-corrected chi connectivity index (χ1v) is 9.67. The van der Waals surface area contributed by atoms with Crippen LogP contribution in [0, 0.1) is 6.92 Å². The van der Waals surface area contributed by atoms with E-state index < -0.39 is 12.6 Å². The number of amides is 1. The maximum Gasteiger partial charge on any atom is 0.289 e. The van der Waals surface area contributed by atoms with E-state index in [-0.39, 0.29) is 24.5 Å². The Morgan fingerprint density at radius 1 is 1.32 bits per heavy atom. The topological polar surface area (TPSA) is 105 Å². The summed E-state index contributed by atoms with van der Waals surface area (Å²) < 4.78 is 12.4. The van der Waals surface area contributed by atoms with Crippen LogP contribution in [-0.2, 0) is 0 Å². The first kappa shape index (κ1) is 20.0. The van der Waals surface area contributed by atoms with Gasteiger partial charge in [-0.3, -0.25) is 9.79 Å². The Bertz CT molecular complexity index is 880. The minimum Gasteiger partial charge on any atom is -0.388 e. The van der Waals surface area contributed by atoms with Crippen molar-refractivity contribution in [2.45, 2.75) is 51.6 Å². The van der Waals surface area contributed by atoms with Crippen molar-refractivity contribution < 1.29 is 9.18 Å². The van der Waals surface area contributed by atoms with Crippen LogP contribution < -0.4 is 16.4 Å². The number of benzene rings is 1. The third-order valence-corrected chi connectivity index (χ3v) is 4.86. The van der Waals surface area contributed by atoms with Crippen molar-refractivity contribution in [1.29, 1.82) is 0 Å². The number of carbonyl (C=O) groups excluding carboxylic acids is 1. The molecule has 0 bridgehead atoms. The second-order valence-corrected chi connectivity index (χ2v) is 7.23. The van der Waals surface area contributed by atoms with Crippen LogP contribution >= 0.6 is 0 Å². The van der Waals surface area contributed by atoms with Gasteiger partial charge in [-0.25, -0.2) is 14.4 Å². The van der Waals surface area contributed by atoms with Crippen LogP contribution in [0.3, 0.4) is 0 Å². The molecule has 7 nitrogen and oxygen atoms in total. The summed E-state index contributed by atoms with van der Waals surface area (Å²) in [7, 11) is 0. The number of nitrogens with two attached hydrogens (primary N) is 1. The van der Waals surface area contributed by atoms with Gasteiger partial charge in [0, 0.05) is 18.0 Å². The van der Waals surface area contributed by atoms with E-state index in [2.05, 4.69) is 25.6 Å². The first-order chi connectivity index (χ1) is 13.5. The van der Waals surface area contributed by atoms with E-state index in [4.69, 9.17) is 5.73 Å². The van der Waals surface area contributed by atoms with E-state index in [1.807, 2.05) is 25.1 Å². The molecule has 150 valence electrons. The number of hydrogen-bond acceptors (Lipinski definition) is 5. The molecule has 2 aromatic rings. The van der Waals surface area contributed by atoms with Crippen LogP contribution in [0.1, 0.15) is 48.8 Å². The fourth-order valence-corrected chi connectivity index (χ4v) is 3.57. The standard InChI is InChI=1S/C20H27FN6O/c1-12-7-8-15-14(11-12)18(27-19(25-15)20(28)23-10-9-21)26-17-6-4-3-5-16(17)24-13(2)22/h7-8,11,16-17H,3-6,9-10H2,1-2H3,(H2,22,24)(H,23,28)(H,25,26,27)/t16-,17+/m1/s1. The molecule has 8 heteroatoms. The van der Waals surface area contributed by atoms with Gasteiger partial charge in [-0.15, -0.1) is 0 Å². The molecular formula is C20H27FN6O. The van der Waals surface area contributed by atoms with Gasteiger partial charge in [0.05, 0.1) is 17.4 Å². The molecular weight excluding hydrogens is 359 g/mol. The highest BCUT2D eigenvalue weighted by atomic mass is 19.1. The van der Waals surface area contributed by atoms with Crippen LogP contribution in [-0.4, -0.2) is 47.0 Å². The Hall–Kier alpha value is -2.77. The highest BCUT2D eigenvalue weighted by Gasteiger charge is 2.26. The Labute approximate surface area is 164 Å². The molecule has 0 aliphatic heterocycles. The van der Waals surface area contributed by atoms with Gasteiger partial charge < -0.3 is 16.4 Å². The van der Waals surface area contributed by atoms with Gasteiger partial charge in [0.15, 0.2) is 0 Å². The lowest BCUT2D eigenvalue weighted by Crippen LogP contribution is -2.37. The van der Waals surface area contributed by atoms with Gasteiger partial charge in [0.2, 0.25) is 5.82 Å². The smallest absolute Gasteiger partial charge is 0.289 e. The van der Waals surface area contributed by atoms with E-state index in [1.165, 1.54) is 0 Å². The maximum atomic E-state index is 12.4. The second-order valence-electron chi connectivity index (χ2n) is 7.23. The third-order valence-electron chi connectivity index (χ3n) is 4.86. The van der Waals surface area contributed by atoms with Gasteiger partial charge in [-0.1, -0.05) is 24.5 Å². The Morgan fingerprint density at radius 3 is 2.86 bits per heavy atom. The molecule has 0 spiro atoms. The number of carbonyl (C=O) groups is 1. The molecule has 1 heterocycles. The summed E-state index contributed by atoms with van der Waals surface area (Å²) in [6.07, 6.45) is 4.11. The van der Waals surface area contributed by atoms with Crippen molar-refractivity contribution in [3.05, 3.63) is 29.6 Å². The van der Waals surface area contributed by atoms with Crippen molar-refractivity contribution >= 4 is 28.5 Å². The zero-order valence-corrected chi connectivity index (χ0v) is 16.3. The van der Waals surface area contributed by atoms with Crippen LogP contribution in [0.4, 0.5) is 10.2 Å². The maximum absolute atomic E-state index is 12.4.